The molecule has 0 radical (unpaired) electrons. The zero-order chi connectivity index (χ0) is 22.1. The van der Waals surface area contributed by atoms with Crippen molar-refractivity contribution in [1.29, 1.82) is 0 Å². The fraction of sp³-hybridized carbons (Fsp3) is 0.417. The number of benzene rings is 2. The van der Waals surface area contributed by atoms with E-state index in [4.69, 9.17) is 4.74 Å². The number of anilines is 1. The van der Waals surface area contributed by atoms with Gasteiger partial charge in [0, 0.05) is 19.3 Å². The van der Waals surface area contributed by atoms with E-state index in [0.29, 0.717) is 13.2 Å². The number of nitrogens with one attached hydrogen (secondary N) is 1. The van der Waals surface area contributed by atoms with Gasteiger partial charge >= 0.3 is 0 Å². The van der Waals surface area contributed by atoms with Gasteiger partial charge in [0.15, 0.2) is 0 Å². The minimum absolute atomic E-state index is 0.00870. The van der Waals surface area contributed by atoms with Gasteiger partial charge in [-0.1, -0.05) is 43.3 Å². The van der Waals surface area contributed by atoms with Crippen LogP contribution in [0.15, 0.2) is 48.5 Å². The summed E-state index contributed by atoms with van der Waals surface area (Å²) in [7, 11) is 3.54. The summed E-state index contributed by atoms with van der Waals surface area (Å²) in [6, 6.07) is 15.2. The van der Waals surface area contributed by atoms with Gasteiger partial charge in [0.25, 0.3) is 0 Å². The van der Waals surface area contributed by atoms with Crippen LogP contribution in [-0.2, 0) is 16.0 Å². The lowest BCUT2D eigenvalue weighted by atomic mass is 10.1. The molecule has 6 nitrogen and oxygen atoms in total. The number of nitrogens with zero attached hydrogens (tertiary/aromatic N) is 2. The van der Waals surface area contributed by atoms with Gasteiger partial charge in [-0.2, -0.15) is 0 Å². The smallest absolute Gasteiger partial charge is 0.243 e. The van der Waals surface area contributed by atoms with Crippen LogP contribution in [-0.4, -0.2) is 61.4 Å². The van der Waals surface area contributed by atoms with E-state index in [0.717, 1.165) is 29.0 Å². The van der Waals surface area contributed by atoms with Crippen molar-refractivity contribution >= 4 is 17.5 Å². The third-order valence-electron chi connectivity index (χ3n) is 5.24. The molecule has 0 saturated carbocycles. The van der Waals surface area contributed by atoms with E-state index in [1.807, 2.05) is 81.2 Å². The van der Waals surface area contributed by atoms with E-state index in [2.05, 4.69) is 5.32 Å². The fourth-order valence-electron chi connectivity index (χ4n) is 3.15. The summed E-state index contributed by atoms with van der Waals surface area (Å²) in [5.41, 5.74) is 2.95. The number of hydrogen-bond acceptors (Lipinski definition) is 4. The normalized spacial score (nSPS) is 11.8. The second-order valence-corrected chi connectivity index (χ2v) is 7.52. The molecule has 2 rings (SSSR count). The number of rotatable bonds is 10. The van der Waals surface area contributed by atoms with Gasteiger partial charge < -0.3 is 15.0 Å². The van der Waals surface area contributed by atoms with Crippen LogP contribution < -0.4 is 10.1 Å². The first-order chi connectivity index (χ1) is 14.3. The number of hydrogen-bond donors (Lipinski definition) is 1. The van der Waals surface area contributed by atoms with Crippen molar-refractivity contribution < 1.29 is 14.3 Å². The van der Waals surface area contributed by atoms with Gasteiger partial charge in [0.1, 0.15) is 12.4 Å². The first-order valence-electron chi connectivity index (χ1n) is 10.3. The molecule has 2 amide bonds. The Morgan fingerprint density at radius 2 is 1.73 bits per heavy atom. The molecule has 1 atom stereocenters. The van der Waals surface area contributed by atoms with E-state index >= 15 is 0 Å². The molecule has 0 aliphatic carbocycles. The lowest BCUT2D eigenvalue weighted by Crippen LogP contribution is -2.47. The summed E-state index contributed by atoms with van der Waals surface area (Å²) in [5.74, 6) is 0.544. The predicted molar refractivity (Wildman–Crippen MR) is 121 cm³/mol. The molecule has 0 aromatic heterocycles. The molecule has 2 aromatic rings. The maximum Gasteiger partial charge on any atom is 0.243 e. The summed E-state index contributed by atoms with van der Waals surface area (Å²) < 4.78 is 5.82. The summed E-state index contributed by atoms with van der Waals surface area (Å²) in [5, 5.41) is 2.91. The summed E-state index contributed by atoms with van der Waals surface area (Å²) in [6.45, 7) is 6.98. The third-order valence-corrected chi connectivity index (χ3v) is 5.24. The molecule has 0 aliphatic rings. The number of ether oxygens (including phenoxy) is 1. The minimum atomic E-state index is -0.355. The van der Waals surface area contributed by atoms with Crippen LogP contribution in [0.5, 0.6) is 5.75 Å². The fourth-order valence-corrected chi connectivity index (χ4v) is 3.15. The van der Waals surface area contributed by atoms with Crippen molar-refractivity contribution in [3.8, 4) is 5.75 Å². The number of carbonyl (C=O) groups excluding carboxylic acids is 2. The molecule has 0 aliphatic heterocycles. The topological polar surface area (TPSA) is 61.9 Å². The summed E-state index contributed by atoms with van der Waals surface area (Å²) in [6.07, 6.45) is 0.831. The molecule has 162 valence electrons. The minimum Gasteiger partial charge on any atom is -0.492 e. The van der Waals surface area contributed by atoms with Gasteiger partial charge in [-0.15, -0.1) is 0 Å². The average Bonchev–Trinajstić information content (AvgIpc) is 2.74. The second kappa shape index (κ2) is 11.4. The van der Waals surface area contributed by atoms with E-state index in [1.165, 1.54) is 4.90 Å². The van der Waals surface area contributed by atoms with Gasteiger partial charge in [0.05, 0.1) is 12.6 Å². The number of para-hydroxylation sites is 2. The molecule has 0 fully saturated rings. The maximum absolute atomic E-state index is 12.7. The molecule has 1 N–H and O–H groups in total. The molecule has 0 heterocycles. The molecule has 0 bridgehead atoms. The predicted octanol–water partition coefficient (Wildman–Crippen LogP) is 3.35. The van der Waals surface area contributed by atoms with Crippen LogP contribution in [0.2, 0.25) is 0 Å². The van der Waals surface area contributed by atoms with Crippen LogP contribution in [0.4, 0.5) is 5.69 Å². The highest BCUT2D eigenvalue weighted by molar-refractivity contribution is 5.95. The first-order valence-corrected chi connectivity index (χ1v) is 10.3. The number of likely N-dealkylation sites (N-methyl/N-ethyl adjacent to an activating group) is 2. The lowest BCUT2D eigenvalue weighted by molar-refractivity contribution is -0.137. The van der Waals surface area contributed by atoms with Crippen molar-refractivity contribution in [2.75, 3.05) is 39.1 Å². The van der Waals surface area contributed by atoms with E-state index < -0.39 is 0 Å². The van der Waals surface area contributed by atoms with E-state index in [1.54, 1.807) is 7.05 Å². The standard InChI is InChI=1S/C24H33N3O3/c1-6-20-12-8-9-13-21(20)25-23(28)17-27(5)24(29)19(3)26(4)15-16-30-22-14-10-7-11-18(22)2/h7-14,19H,6,15-17H2,1-5H3,(H,25,28)/t19-/m0/s1. The van der Waals surface area contributed by atoms with Crippen molar-refractivity contribution in [3.05, 3.63) is 59.7 Å². The zero-order valence-corrected chi connectivity index (χ0v) is 18.6. The highest BCUT2D eigenvalue weighted by Crippen LogP contribution is 2.16. The van der Waals surface area contributed by atoms with Crippen LogP contribution >= 0.6 is 0 Å². The Balaban J connectivity index is 1.82. The summed E-state index contributed by atoms with van der Waals surface area (Å²) in [4.78, 5) is 28.6. The van der Waals surface area contributed by atoms with E-state index in [9.17, 15) is 9.59 Å². The van der Waals surface area contributed by atoms with Gasteiger partial charge in [-0.05, 0) is 50.6 Å². The van der Waals surface area contributed by atoms with Crippen molar-refractivity contribution in [2.24, 2.45) is 0 Å². The van der Waals surface area contributed by atoms with Gasteiger partial charge in [-0.3, -0.25) is 14.5 Å². The van der Waals surface area contributed by atoms with Crippen LogP contribution in [0.1, 0.15) is 25.0 Å². The highest BCUT2D eigenvalue weighted by atomic mass is 16.5. The van der Waals surface area contributed by atoms with Crippen molar-refractivity contribution in [1.82, 2.24) is 9.80 Å². The maximum atomic E-state index is 12.7. The average molecular weight is 412 g/mol. The second-order valence-electron chi connectivity index (χ2n) is 7.52. The number of amides is 2. The number of aryl methyl sites for hydroxylation is 2. The molecule has 0 saturated heterocycles. The van der Waals surface area contributed by atoms with Crippen LogP contribution in [0.25, 0.3) is 0 Å². The largest absolute Gasteiger partial charge is 0.492 e. The Labute approximate surface area is 179 Å². The first kappa shape index (κ1) is 23.4. The molecule has 6 heteroatoms. The summed E-state index contributed by atoms with van der Waals surface area (Å²) >= 11 is 0. The number of carbonyl (C=O) groups is 2. The molecule has 30 heavy (non-hydrogen) atoms. The monoisotopic (exact) mass is 411 g/mol. The molecule has 0 spiro atoms. The molecule has 0 unspecified atom stereocenters. The molecular weight excluding hydrogens is 378 g/mol. The Morgan fingerprint density at radius 3 is 2.43 bits per heavy atom. The van der Waals surface area contributed by atoms with Crippen LogP contribution in [0, 0.1) is 6.92 Å². The van der Waals surface area contributed by atoms with E-state index in [-0.39, 0.29) is 24.4 Å². The Hall–Kier alpha value is -2.86. The molecular formula is C24H33N3O3. The van der Waals surface area contributed by atoms with Gasteiger partial charge in [0.2, 0.25) is 11.8 Å². The van der Waals surface area contributed by atoms with Crippen LogP contribution in [0.3, 0.4) is 0 Å². The van der Waals surface area contributed by atoms with Crippen molar-refractivity contribution in [2.45, 2.75) is 33.2 Å². The van der Waals surface area contributed by atoms with Crippen molar-refractivity contribution in [3.63, 3.8) is 0 Å². The molecule has 2 aromatic carbocycles. The lowest BCUT2D eigenvalue weighted by Gasteiger charge is -2.28. The SMILES string of the molecule is CCc1ccccc1NC(=O)CN(C)C(=O)[C@H](C)N(C)CCOc1ccccc1C. The highest BCUT2D eigenvalue weighted by Gasteiger charge is 2.23. The Bertz CT molecular complexity index is 853. The Morgan fingerprint density at radius 1 is 1.07 bits per heavy atom. The van der Waals surface area contributed by atoms with Gasteiger partial charge in [-0.25, -0.2) is 0 Å². The zero-order valence-electron chi connectivity index (χ0n) is 18.6. The quantitative estimate of drug-likeness (QED) is 0.651. The Kier molecular flexibility index (Phi) is 8.87. The third kappa shape index (κ3) is 6.59.